The maximum atomic E-state index is 11.5. The van der Waals surface area contributed by atoms with Gasteiger partial charge in [0.2, 0.25) is 5.91 Å². The number of ketones is 1. The number of rotatable bonds is 11. The van der Waals surface area contributed by atoms with E-state index in [1.165, 1.54) is 0 Å². The molecule has 0 saturated heterocycles. The molecular formula is C13H24N4O2. The fraction of sp³-hybridized carbons (Fsp3) is 0.846. The van der Waals surface area contributed by atoms with Crippen molar-refractivity contribution in [2.75, 3.05) is 13.1 Å². The molecular weight excluding hydrogens is 244 g/mol. The molecule has 1 amide bonds. The zero-order valence-corrected chi connectivity index (χ0v) is 11.9. The van der Waals surface area contributed by atoms with Gasteiger partial charge in [0.25, 0.3) is 0 Å². The van der Waals surface area contributed by atoms with Gasteiger partial charge in [-0.3, -0.25) is 9.59 Å². The van der Waals surface area contributed by atoms with Gasteiger partial charge in [0.1, 0.15) is 5.78 Å². The summed E-state index contributed by atoms with van der Waals surface area (Å²) in [6.45, 7) is 4.58. The number of nitrogens with zero attached hydrogens (tertiary/aromatic N) is 3. The predicted octanol–water partition coefficient (Wildman–Crippen LogP) is 2.98. The number of Topliss-reactive ketones (excluding diaryl/α,β-unsaturated/α-hetero) is 1. The molecule has 0 radical (unpaired) electrons. The highest BCUT2D eigenvalue weighted by Crippen LogP contribution is 2.04. The summed E-state index contributed by atoms with van der Waals surface area (Å²) >= 11 is 0. The average Bonchev–Trinajstić information content (AvgIpc) is 2.42. The summed E-state index contributed by atoms with van der Waals surface area (Å²) in [6, 6.07) is 0. The highest BCUT2D eigenvalue weighted by atomic mass is 16.1. The summed E-state index contributed by atoms with van der Waals surface area (Å²) < 4.78 is 0. The third-order valence-electron chi connectivity index (χ3n) is 3.05. The lowest BCUT2D eigenvalue weighted by Crippen LogP contribution is -2.29. The van der Waals surface area contributed by atoms with E-state index in [1.807, 2.05) is 13.8 Å². The standard InChI is InChI=1S/C13H24N4O2/c1-3-11(2)13(19)15-9-7-5-4-6-8-12(18)10-16-17-14/h11H,3-10H2,1-2H3,(H,15,19). The van der Waals surface area contributed by atoms with Crippen molar-refractivity contribution in [3.63, 3.8) is 0 Å². The Morgan fingerprint density at radius 1 is 1.26 bits per heavy atom. The van der Waals surface area contributed by atoms with Crippen LogP contribution in [0.1, 0.15) is 52.4 Å². The zero-order valence-electron chi connectivity index (χ0n) is 11.9. The fourth-order valence-corrected chi connectivity index (χ4v) is 1.56. The summed E-state index contributed by atoms with van der Waals surface area (Å²) in [5.74, 6) is 0.188. The number of nitrogens with one attached hydrogen (secondary N) is 1. The van der Waals surface area contributed by atoms with Gasteiger partial charge in [0, 0.05) is 23.8 Å². The van der Waals surface area contributed by atoms with Crippen molar-refractivity contribution < 1.29 is 9.59 Å². The smallest absolute Gasteiger partial charge is 0.222 e. The van der Waals surface area contributed by atoms with Crippen LogP contribution in [0, 0.1) is 5.92 Å². The molecule has 6 heteroatoms. The number of carbonyl (C=O) groups excluding carboxylic acids is 2. The first-order valence-corrected chi connectivity index (χ1v) is 6.92. The SMILES string of the molecule is CCC(C)C(=O)NCCCCCCC(=O)CN=[N+]=[N-]. The van der Waals surface area contributed by atoms with E-state index in [-0.39, 0.29) is 24.2 Å². The maximum Gasteiger partial charge on any atom is 0.222 e. The van der Waals surface area contributed by atoms with E-state index in [2.05, 4.69) is 15.3 Å². The van der Waals surface area contributed by atoms with Gasteiger partial charge in [0.15, 0.2) is 0 Å². The Morgan fingerprint density at radius 2 is 1.95 bits per heavy atom. The Bertz CT molecular complexity index is 325. The molecule has 1 unspecified atom stereocenters. The van der Waals surface area contributed by atoms with Crippen molar-refractivity contribution in [2.24, 2.45) is 11.0 Å². The topological polar surface area (TPSA) is 94.9 Å². The summed E-state index contributed by atoms with van der Waals surface area (Å²) in [5.41, 5.74) is 8.06. The molecule has 0 rings (SSSR count). The van der Waals surface area contributed by atoms with E-state index in [9.17, 15) is 9.59 Å². The lowest BCUT2D eigenvalue weighted by Gasteiger charge is -2.09. The van der Waals surface area contributed by atoms with Crippen molar-refractivity contribution in [1.82, 2.24) is 5.32 Å². The number of amides is 1. The first kappa shape index (κ1) is 17.4. The van der Waals surface area contributed by atoms with Crippen LogP contribution in [0.15, 0.2) is 5.11 Å². The molecule has 0 aliphatic heterocycles. The van der Waals surface area contributed by atoms with Crippen molar-refractivity contribution in [1.29, 1.82) is 0 Å². The van der Waals surface area contributed by atoms with Crippen molar-refractivity contribution in [2.45, 2.75) is 52.4 Å². The number of hydrogen-bond donors (Lipinski definition) is 1. The molecule has 0 heterocycles. The third kappa shape index (κ3) is 10.1. The molecule has 0 fully saturated rings. The van der Waals surface area contributed by atoms with Crippen LogP contribution in [0.3, 0.4) is 0 Å². The van der Waals surface area contributed by atoms with Crippen LogP contribution in [0.25, 0.3) is 10.4 Å². The molecule has 0 aliphatic rings. The molecule has 0 bridgehead atoms. The van der Waals surface area contributed by atoms with E-state index in [0.717, 1.165) is 32.1 Å². The molecule has 1 atom stereocenters. The molecule has 1 N–H and O–H groups in total. The molecule has 108 valence electrons. The zero-order chi connectivity index (χ0) is 14.5. The van der Waals surface area contributed by atoms with Crippen LogP contribution >= 0.6 is 0 Å². The minimum absolute atomic E-state index is 0.0112. The van der Waals surface area contributed by atoms with Crippen LogP contribution < -0.4 is 5.32 Å². The minimum atomic E-state index is -0.0402. The van der Waals surface area contributed by atoms with Gasteiger partial charge in [-0.15, -0.1) is 0 Å². The van der Waals surface area contributed by atoms with E-state index < -0.39 is 0 Å². The predicted molar refractivity (Wildman–Crippen MR) is 74.6 cm³/mol. The van der Waals surface area contributed by atoms with Crippen molar-refractivity contribution >= 4 is 11.7 Å². The van der Waals surface area contributed by atoms with Crippen molar-refractivity contribution in [3.8, 4) is 0 Å². The highest BCUT2D eigenvalue weighted by Gasteiger charge is 2.08. The molecule has 0 saturated carbocycles. The summed E-state index contributed by atoms with van der Waals surface area (Å²) in [6.07, 6.45) is 5.04. The van der Waals surface area contributed by atoms with E-state index in [1.54, 1.807) is 0 Å². The number of unbranched alkanes of at least 4 members (excludes halogenated alkanes) is 3. The van der Waals surface area contributed by atoms with Crippen LogP contribution in [-0.2, 0) is 9.59 Å². The van der Waals surface area contributed by atoms with Crippen LogP contribution in [0.5, 0.6) is 0 Å². The summed E-state index contributed by atoms with van der Waals surface area (Å²) in [5, 5.41) is 6.13. The highest BCUT2D eigenvalue weighted by molar-refractivity contribution is 5.80. The molecule has 0 spiro atoms. The normalized spacial score (nSPS) is 11.5. The lowest BCUT2D eigenvalue weighted by atomic mass is 10.1. The molecule has 6 nitrogen and oxygen atoms in total. The van der Waals surface area contributed by atoms with Gasteiger partial charge in [-0.1, -0.05) is 31.8 Å². The second-order valence-electron chi connectivity index (χ2n) is 4.69. The minimum Gasteiger partial charge on any atom is -0.356 e. The molecule has 0 aromatic heterocycles. The second-order valence-corrected chi connectivity index (χ2v) is 4.69. The quantitative estimate of drug-likeness (QED) is 0.270. The first-order chi connectivity index (χ1) is 9.11. The Labute approximate surface area is 114 Å². The van der Waals surface area contributed by atoms with E-state index >= 15 is 0 Å². The Hall–Kier alpha value is -1.55. The largest absolute Gasteiger partial charge is 0.356 e. The third-order valence-corrected chi connectivity index (χ3v) is 3.05. The number of azide groups is 1. The second kappa shape index (κ2) is 11.5. The molecule has 19 heavy (non-hydrogen) atoms. The van der Waals surface area contributed by atoms with Gasteiger partial charge in [0.05, 0.1) is 6.54 Å². The van der Waals surface area contributed by atoms with E-state index in [0.29, 0.717) is 13.0 Å². The molecule has 0 aliphatic carbocycles. The van der Waals surface area contributed by atoms with Gasteiger partial charge in [-0.2, -0.15) is 0 Å². The number of carbonyl (C=O) groups is 2. The van der Waals surface area contributed by atoms with Gasteiger partial charge in [-0.05, 0) is 24.8 Å². The molecule has 0 aromatic carbocycles. The first-order valence-electron chi connectivity index (χ1n) is 6.92. The maximum absolute atomic E-state index is 11.5. The lowest BCUT2D eigenvalue weighted by molar-refractivity contribution is -0.124. The van der Waals surface area contributed by atoms with Gasteiger partial charge < -0.3 is 5.32 Å². The van der Waals surface area contributed by atoms with Gasteiger partial charge in [-0.25, -0.2) is 0 Å². The molecule has 0 aromatic rings. The Morgan fingerprint density at radius 3 is 2.58 bits per heavy atom. The number of hydrogen-bond acceptors (Lipinski definition) is 3. The summed E-state index contributed by atoms with van der Waals surface area (Å²) in [7, 11) is 0. The van der Waals surface area contributed by atoms with E-state index in [4.69, 9.17) is 5.53 Å². The van der Waals surface area contributed by atoms with Gasteiger partial charge >= 0.3 is 0 Å². The Kier molecular flexibility index (Phi) is 10.6. The average molecular weight is 268 g/mol. The van der Waals surface area contributed by atoms with Crippen LogP contribution in [0.4, 0.5) is 0 Å². The van der Waals surface area contributed by atoms with Crippen LogP contribution in [0.2, 0.25) is 0 Å². The van der Waals surface area contributed by atoms with Crippen LogP contribution in [-0.4, -0.2) is 24.8 Å². The summed E-state index contributed by atoms with van der Waals surface area (Å²) in [4.78, 5) is 25.2. The fourth-order valence-electron chi connectivity index (χ4n) is 1.56. The Balaban J connectivity index is 3.39. The van der Waals surface area contributed by atoms with Crippen molar-refractivity contribution in [3.05, 3.63) is 10.4 Å². The monoisotopic (exact) mass is 268 g/mol.